The standard InChI is InChI=1S/C22H30N6O3/c1-15(2)28-18-13-17(6-5-16(18)14-23-28)22(4)24-19(25-31-22)26-9-11-27(12-10-26)20(29)30-21(3)7-8-21/h5-6,13-15H,7-12H2,1-4H3,(H,24,25). The van der Waals surface area contributed by atoms with Crippen LogP contribution >= 0.6 is 0 Å². The molecular weight excluding hydrogens is 396 g/mol. The summed E-state index contributed by atoms with van der Waals surface area (Å²) in [7, 11) is 0. The van der Waals surface area contributed by atoms with Crippen molar-refractivity contribution in [2.75, 3.05) is 26.2 Å². The Hall–Kier alpha value is -2.81. The van der Waals surface area contributed by atoms with Crippen LogP contribution in [0.4, 0.5) is 4.79 Å². The maximum absolute atomic E-state index is 12.3. The van der Waals surface area contributed by atoms with E-state index in [1.165, 1.54) is 0 Å². The average Bonchev–Trinajstić information content (AvgIpc) is 3.15. The Bertz CT molecular complexity index is 1040. The second-order valence-electron chi connectivity index (χ2n) is 9.37. The van der Waals surface area contributed by atoms with Crippen molar-refractivity contribution in [3.63, 3.8) is 0 Å². The number of hydrogen-bond acceptors (Lipinski definition) is 7. The largest absolute Gasteiger partial charge is 0.443 e. The van der Waals surface area contributed by atoms with Crippen LogP contribution in [0.1, 0.15) is 52.1 Å². The first kappa shape index (κ1) is 20.1. The fraction of sp³-hybridized carbons (Fsp3) is 0.591. The molecule has 0 radical (unpaired) electrons. The molecule has 9 heteroatoms. The molecule has 2 fully saturated rings. The van der Waals surface area contributed by atoms with Gasteiger partial charge in [0.25, 0.3) is 0 Å². The Labute approximate surface area is 181 Å². The van der Waals surface area contributed by atoms with E-state index >= 15 is 0 Å². The van der Waals surface area contributed by atoms with Crippen LogP contribution < -0.4 is 5.48 Å². The fourth-order valence-corrected chi connectivity index (χ4v) is 4.04. The molecule has 2 aliphatic heterocycles. The van der Waals surface area contributed by atoms with Gasteiger partial charge in [-0.15, -0.1) is 0 Å². The molecule has 3 aliphatic rings. The summed E-state index contributed by atoms with van der Waals surface area (Å²) in [4.78, 5) is 27.0. The maximum Gasteiger partial charge on any atom is 0.410 e. The van der Waals surface area contributed by atoms with Crippen molar-refractivity contribution in [1.29, 1.82) is 0 Å². The summed E-state index contributed by atoms with van der Waals surface area (Å²) >= 11 is 0. The van der Waals surface area contributed by atoms with E-state index in [1.54, 1.807) is 4.90 Å². The quantitative estimate of drug-likeness (QED) is 0.812. The van der Waals surface area contributed by atoms with Gasteiger partial charge in [-0.1, -0.05) is 12.1 Å². The highest BCUT2D eigenvalue weighted by molar-refractivity contribution is 5.82. The summed E-state index contributed by atoms with van der Waals surface area (Å²) in [5.74, 6) is 0.696. The fourth-order valence-electron chi connectivity index (χ4n) is 4.04. The van der Waals surface area contributed by atoms with Gasteiger partial charge in [-0.3, -0.25) is 4.68 Å². The number of rotatable bonds is 3. The van der Waals surface area contributed by atoms with Gasteiger partial charge in [-0.25, -0.2) is 20.1 Å². The van der Waals surface area contributed by atoms with Gasteiger partial charge in [0.2, 0.25) is 11.7 Å². The Morgan fingerprint density at radius 2 is 1.94 bits per heavy atom. The van der Waals surface area contributed by atoms with Crippen molar-refractivity contribution in [1.82, 2.24) is 25.1 Å². The Kier molecular flexibility index (Phi) is 4.62. The van der Waals surface area contributed by atoms with Gasteiger partial charge in [0, 0.05) is 43.2 Å². The van der Waals surface area contributed by atoms with Crippen molar-refractivity contribution in [2.24, 2.45) is 4.99 Å². The minimum atomic E-state index is -0.827. The van der Waals surface area contributed by atoms with Crippen molar-refractivity contribution in [3.05, 3.63) is 30.0 Å². The van der Waals surface area contributed by atoms with E-state index in [-0.39, 0.29) is 17.7 Å². The number of hydrogen-bond donors (Lipinski definition) is 1. The van der Waals surface area contributed by atoms with E-state index in [2.05, 4.69) is 41.5 Å². The van der Waals surface area contributed by atoms with Gasteiger partial charge in [0.1, 0.15) is 5.60 Å². The lowest BCUT2D eigenvalue weighted by Crippen LogP contribution is -2.53. The number of carbonyl (C=O) groups is 1. The molecule has 1 aromatic carbocycles. The van der Waals surface area contributed by atoms with E-state index < -0.39 is 5.72 Å². The molecule has 1 saturated carbocycles. The second-order valence-corrected chi connectivity index (χ2v) is 9.37. The van der Waals surface area contributed by atoms with Crippen LogP contribution in [0, 0.1) is 0 Å². The molecule has 1 saturated heterocycles. The third-order valence-corrected chi connectivity index (χ3v) is 6.41. The third kappa shape index (κ3) is 3.71. The van der Waals surface area contributed by atoms with E-state index in [9.17, 15) is 4.79 Å². The SMILES string of the molecule is CC(C)n1ncc2ccc(C3(C)N=C(N4CCN(C(=O)OC5(C)CC5)CC4)NO3)cc21. The van der Waals surface area contributed by atoms with Gasteiger partial charge < -0.3 is 14.5 Å². The number of aliphatic imine (C=N–C) groups is 1. The predicted molar refractivity (Wildman–Crippen MR) is 116 cm³/mol. The van der Waals surface area contributed by atoms with Gasteiger partial charge in [-0.05, 0) is 46.6 Å². The molecule has 1 amide bonds. The van der Waals surface area contributed by atoms with Gasteiger partial charge >= 0.3 is 6.09 Å². The van der Waals surface area contributed by atoms with Crippen LogP contribution in [0.2, 0.25) is 0 Å². The number of hydroxylamine groups is 1. The first-order valence-corrected chi connectivity index (χ1v) is 11.0. The highest BCUT2D eigenvalue weighted by Gasteiger charge is 2.43. The molecular formula is C22H30N6O3. The summed E-state index contributed by atoms with van der Waals surface area (Å²) in [5, 5.41) is 5.59. The zero-order valence-electron chi connectivity index (χ0n) is 18.6. The molecule has 3 heterocycles. The maximum atomic E-state index is 12.3. The minimum Gasteiger partial charge on any atom is -0.443 e. The highest BCUT2D eigenvalue weighted by Crippen LogP contribution is 2.39. The third-order valence-electron chi connectivity index (χ3n) is 6.41. The summed E-state index contributed by atoms with van der Waals surface area (Å²) in [6.07, 6.45) is 3.59. The van der Waals surface area contributed by atoms with Crippen LogP contribution in [-0.2, 0) is 15.3 Å². The zero-order valence-corrected chi connectivity index (χ0v) is 18.6. The first-order chi connectivity index (χ1) is 14.8. The summed E-state index contributed by atoms with van der Waals surface area (Å²) in [6.45, 7) is 10.7. The summed E-state index contributed by atoms with van der Waals surface area (Å²) in [5.41, 5.74) is 3.97. The molecule has 1 aromatic heterocycles. The number of benzene rings is 1. The Morgan fingerprint density at radius 3 is 2.61 bits per heavy atom. The van der Waals surface area contributed by atoms with Crippen molar-refractivity contribution in [2.45, 2.75) is 57.9 Å². The highest BCUT2D eigenvalue weighted by atomic mass is 16.7. The number of amides is 1. The molecule has 5 rings (SSSR count). The molecule has 0 spiro atoms. The average molecular weight is 427 g/mol. The molecule has 2 aromatic rings. The molecule has 1 N–H and O–H groups in total. The van der Waals surface area contributed by atoms with Crippen LogP contribution in [0.25, 0.3) is 10.9 Å². The summed E-state index contributed by atoms with van der Waals surface area (Å²) < 4.78 is 7.60. The lowest BCUT2D eigenvalue weighted by Gasteiger charge is -2.35. The number of ether oxygens (including phenoxy) is 1. The number of guanidine groups is 1. The van der Waals surface area contributed by atoms with Crippen molar-refractivity contribution >= 4 is 23.0 Å². The van der Waals surface area contributed by atoms with Gasteiger partial charge in [0.15, 0.2) is 0 Å². The number of fused-ring (bicyclic) bond motifs is 1. The van der Waals surface area contributed by atoms with Crippen LogP contribution in [0.15, 0.2) is 29.4 Å². The Morgan fingerprint density at radius 1 is 1.19 bits per heavy atom. The molecule has 1 atom stereocenters. The van der Waals surface area contributed by atoms with Crippen LogP contribution in [0.3, 0.4) is 0 Å². The lowest BCUT2D eigenvalue weighted by molar-refractivity contribution is -0.0473. The number of aromatic nitrogens is 2. The number of piperazine rings is 1. The molecule has 9 nitrogen and oxygen atoms in total. The van der Waals surface area contributed by atoms with Gasteiger partial charge in [-0.2, -0.15) is 5.10 Å². The number of carbonyl (C=O) groups excluding carboxylic acids is 1. The zero-order chi connectivity index (χ0) is 21.8. The normalized spacial score (nSPS) is 25.0. The van der Waals surface area contributed by atoms with E-state index in [0.29, 0.717) is 32.1 Å². The topological polar surface area (TPSA) is 84.2 Å². The van der Waals surface area contributed by atoms with Crippen molar-refractivity contribution in [3.8, 4) is 0 Å². The number of nitrogens with zero attached hydrogens (tertiary/aromatic N) is 5. The summed E-state index contributed by atoms with van der Waals surface area (Å²) in [6, 6.07) is 6.47. The van der Waals surface area contributed by atoms with E-state index in [1.807, 2.05) is 30.8 Å². The molecule has 1 aliphatic carbocycles. The molecule has 31 heavy (non-hydrogen) atoms. The smallest absolute Gasteiger partial charge is 0.410 e. The van der Waals surface area contributed by atoms with Crippen LogP contribution in [0.5, 0.6) is 0 Å². The predicted octanol–water partition coefficient (Wildman–Crippen LogP) is 2.99. The van der Waals surface area contributed by atoms with E-state index in [4.69, 9.17) is 14.6 Å². The van der Waals surface area contributed by atoms with Crippen molar-refractivity contribution < 1.29 is 14.4 Å². The number of nitrogens with one attached hydrogen (secondary N) is 1. The van der Waals surface area contributed by atoms with Crippen LogP contribution in [-0.4, -0.2) is 63.4 Å². The molecule has 166 valence electrons. The molecule has 0 bridgehead atoms. The first-order valence-electron chi connectivity index (χ1n) is 11.0. The molecule has 1 unspecified atom stereocenters. The monoisotopic (exact) mass is 426 g/mol. The Balaban J connectivity index is 1.28. The van der Waals surface area contributed by atoms with E-state index in [0.717, 1.165) is 29.3 Å². The van der Waals surface area contributed by atoms with Gasteiger partial charge in [0.05, 0.1) is 11.7 Å². The second kappa shape index (κ2) is 7.12. The lowest BCUT2D eigenvalue weighted by atomic mass is 10.0. The minimum absolute atomic E-state index is 0.211.